The van der Waals surface area contributed by atoms with Gasteiger partial charge in [0.2, 0.25) is 0 Å². The summed E-state index contributed by atoms with van der Waals surface area (Å²) in [6.07, 6.45) is -0.296. The standard InChI is InChI=1S/C66H41N5OS/c1-2-20-46(21-3-1)71(49-37-44-18-6-8-22-50(44)54(39-49)66-69-57-28-14-15-29-61(57)73-66)58-40-60-62(53-25-11-10-24-52(53)58)63-59(38-45-19-7-9-23-51(45)64(63)72-60)70(48-35-30-41-16-4-5-17-43(41)36-48)47-33-31-42(32-34-47)65-67-55-26-12-13-27-56(55)68-65/h1-40,65H. The summed E-state index contributed by atoms with van der Waals surface area (Å²) in [7, 11) is 0. The number of fused-ring (bicyclic) bond motifs is 11. The first-order chi connectivity index (χ1) is 36.2. The average Bonchev–Trinajstić information content (AvgIpc) is 4.20. The van der Waals surface area contributed by atoms with Crippen molar-refractivity contribution in [1.82, 2.24) is 4.98 Å². The number of benzene rings is 12. The van der Waals surface area contributed by atoms with Crippen LogP contribution in [0.4, 0.5) is 34.1 Å². The molecule has 12 aromatic carbocycles. The van der Waals surface area contributed by atoms with Gasteiger partial charge in [-0.25, -0.2) is 4.98 Å². The van der Waals surface area contributed by atoms with E-state index in [0.717, 1.165) is 126 Å². The first-order valence-electron chi connectivity index (χ1n) is 24.6. The minimum atomic E-state index is -0.296. The second kappa shape index (κ2) is 16.6. The average molecular weight is 952 g/mol. The van der Waals surface area contributed by atoms with Crippen molar-refractivity contribution in [3.63, 3.8) is 0 Å². The molecule has 0 fully saturated rings. The van der Waals surface area contributed by atoms with E-state index in [2.05, 4.69) is 228 Å². The maximum absolute atomic E-state index is 7.40. The number of nitrogens with zero attached hydrogens (tertiary/aromatic N) is 5. The maximum atomic E-state index is 7.40. The fraction of sp³-hybridized carbons (Fsp3) is 0.0152. The van der Waals surface area contributed by atoms with Gasteiger partial charge in [0.15, 0.2) is 6.17 Å². The van der Waals surface area contributed by atoms with E-state index in [9.17, 15) is 0 Å². The minimum absolute atomic E-state index is 0.296. The van der Waals surface area contributed by atoms with Gasteiger partial charge in [-0.15, -0.1) is 11.3 Å². The SMILES string of the molecule is c1ccc(N(c2cc(-c3nc4ccccc4s3)c3ccccc3c2)c2cc3oc4c5ccccc5cc(N(c5ccc(C6N=c7ccccc7=N6)cc5)c5ccc6ccccc6c5)c4c3c3ccccc23)cc1. The number of thiazole rings is 1. The van der Waals surface area contributed by atoms with E-state index >= 15 is 0 Å². The number of hydrogen-bond donors (Lipinski definition) is 0. The van der Waals surface area contributed by atoms with Crippen LogP contribution in [0.2, 0.25) is 0 Å². The van der Waals surface area contributed by atoms with Crippen molar-refractivity contribution >= 4 is 121 Å². The first kappa shape index (κ1) is 41.4. The van der Waals surface area contributed by atoms with Crippen molar-refractivity contribution in [2.45, 2.75) is 6.17 Å². The number of anilines is 6. The monoisotopic (exact) mass is 951 g/mol. The Labute approximate surface area is 423 Å². The quantitative estimate of drug-likeness (QED) is 0.152. The summed E-state index contributed by atoms with van der Waals surface area (Å²) in [6, 6.07) is 86.6. The second-order valence-electron chi connectivity index (χ2n) is 18.7. The molecule has 0 radical (unpaired) electrons. The van der Waals surface area contributed by atoms with E-state index in [4.69, 9.17) is 19.4 Å². The van der Waals surface area contributed by atoms with Gasteiger partial charge in [-0.2, -0.15) is 0 Å². The first-order valence-corrected chi connectivity index (χ1v) is 25.4. The number of hydrogen-bond acceptors (Lipinski definition) is 7. The van der Waals surface area contributed by atoms with Crippen molar-refractivity contribution in [3.8, 4) is 10.6 Å². The van der Waals surface area contributed by atoms with Crippen molar-refractivity contribution in [3.05, 3.63) is 259 Å². The Morgan fingerprint density at radius 2 is 0.986 bits per heavy atom. The summed E-state index contributed by atoms with van der Waals surface area (Å²) in [5.41, 5.74) is 10.9. The normalized spacial score (nSPS) is 12.5. The Balaban J connectivity index is 0.986. The van der Waals surface area contributed by atoms with Crippen molar-refractivity contribution < 1.29 is 4.42 Å². The summed E-state index contributed by atoms with van der Waals surface area (Å²) >= 11 is 1.73. The molecule has 15 rings (SSSR count). The van der Waals surface area contributed by atoms with Crippen LogP contribution < -0.4 is 20.5 Å². The third-order valence-electron chi connectivity index (χ3n) is 14.4. The zero-order valence-corrected chi connectivity index (χ0v) is 40.0. The Hall–Kier alpha value is -9.43. The van der Waals surface area contributed by atoms with Crippen LogP contribution in [0.1, 0.15) is 11.7 Å². The van der Waals surface area contributed by atoms with Crippen LogP contribution in [0.5, 0.6) is 0 Å². The van der Waals surface area contributed by atoms with Crippen LogP contribution in [0.3, 0.4) is 0 Å². The van der Waals surface area contributed by atoms with Crippen LogP contribution in [0, 0.1) is 0 Å². The largest absolute Gasteiger partial charge is 0.455 e. The van der Waals surface area contributed by atoms with Crippen LogP contribution >= 0.6 is 11.3 Å². The molecule has 342 valence electrons. The smallest absolute Gasteiger partial charge is 0.166 e. The number of para-hydroxylation sites is 4. The van der Waals surface area contributed by atoms with E-state index in [1.807, 2.05) is 24.3 Å². The Morgan fingerprint density at radius 3 is 1.77 bits per heavy atom. The molecule has 0 saturated carbocycles. The van der Waals surface area contributed by atoms with E-state index in [1.165, 1.54) is 10.1 Å². The molecule has 73 heavy (non-hydrogen) atoms. The highest BCUT2D eigenvalue weighted by atomic mass is 32.1. The van der Waals surface area contributed by atoms with E-state index in [-0.39, 0.29) is 6.17 Å². The van der Waals surface area contributed by atoms with Crippen molar-refractivity contribution in [2.24, 2.45) is 9.98 Å². The van der Waals surface area contributed by atoms with Gasteiger partial charge in [0, 0.05) is 50.5 Å². The molecule has 1 aliphatic heterocycles. The van der Waals surface area contributed by atoms with Gasteiger partial charge in [-0.05, 0) is 117 Å². The topological polar surface area (TPSA) is 57.2 Å². The predicted molar refractivity (Wildman–Crippen MR) is 303 cm³/mol. The fourth-order valence-electron chi connectivity index (χ4n) is 11.0. The Kier molecular flexibility index (Phi) is 9.40. The van der Waals surface area contributed by atoms with Crippen molar-refractivity contribution in [2.75, 3.05) is 9.80 Å². The number of furan rings is 1. The van der Waals surface area contributed by atoms with E-state index in [1.54, 1.807) is 11.3 Å². The molecule has 0 saturated heterocycles. The van der Waals surface area contributed by atoms with Crippen LogP contribution in [-0.4, -0.2) is 4.98 Å². The van der Waals surface area contributed by atoms with Gasteiger partial charge in [0.1, 0.15) is 16.2 Å². The molecule has 1 aliphatic rings. The fourth-order valence-corrected chi connectivity index (χ4v) is 12.0. The molecular weight excluding hydrogens is 911 g/mol. The highest BCUT2D eigenvalue weighted by Gasteiger charge is 2.27. The molecule has 0 bridgehead atoms. The van der Waals surface area contributed by atoms with Gasteiger partial charge in [-0.1, -0.05) is 158 Å². The lowest BCUT2D eigenvalue weighted by Crippen LogP contribution is -2.19. The lowest BCUT2D eigenvalue weighted by atomic mass is 9.97. The Bertz CT molecular complexity index is 4590. The van der Waals surface area contributed by atoms with E-state index < -0.39 is 0 Å². The summed E-state index contributed by atoms with van der Waals surface area (Å²) < 4.78 is 8.56. The van der Waals surface area contributed by atoms with Gasteiger partial charge in [-0.3, -0.25) is 9.98 Å². The van der Waals surface area contributed by atoms with E-state index in [0.29, 0.717) is 0 Å². The summed E-state index contributed by atoms with van der Waals surface area (Å²) in [4.78, 5) is 19.9. The van der Waals surface area contributed by atoms with Crippen LogP contribution in [0.25, 0.3) is 85.8 Å². The molecule has 2 aromatic heterocycles. The molecule has 0 amide bonds. The van der Waals surface area contributed by atoms with Gasteiger partial charge in [0.25, 0.3) is 0 Å². The Morgan fingerprint density at radius 1 is 0.397 bits per heavy atom. The number of aromatic nitrogens is 1. The van der Waals surface area contributed by atoms with Crippen LogP contribution in [0.15, 0.2) is 257 Å². The zero-order chi connectivity index (χ0) is 48.0. The van der Waals surface area contributed by atoms with Crippen LogP contribution in [-0.2, 0) is 0 Å². The minimum Gasteiger partial charge on any atom is -0.455 e. The zero-order valence-electron chi connectivity index (χ0n) is 39.2. The second-order valence-corrected chi connectivity index (χ2v) is 19.7. The summed E-state index contributed by atoms with van der Waals surface area (Å²) in [5.74, 6) is 0. The predicted octanol–water partition coefficient (Wildman–Crippen LogP) is 17.4. The maximum Gasteiger partial charge on any atom is 0.166 e. The van der Waals surface area contributed by atoms with Gasteiger partial charge in [0.05, 0.1) is 37.7 Å². The molecule has 0 aliphatic carbocycles. The molecule has 0 unspecified atom stereocenters. The molecule has 0 atom stereocenters. The van der Waals surface area contributed by atoms with Gasteiger partial charge >= 0.3 is 0 Å². The van der Waals surface area contributed by atoms with Gasteiger partial charge < -0.3 is 14.2 Å². The molecule has 14 aromatic rings. The van der Waals surface area contributed by atoms with Crippen molar-refractivity contribution in [1.29, 1.82) is 0 Å². The molecule has 3 heterocycles. The molecular formula is C66H41N5OS. The summed E-state index contributed by atoms with van der Waals surface area (Å²) in [5, 5.41) is 13.9. The number of rotatable bonds is 8. The third-order valence-corrected chi connectivity index (χ3v) is 15.5. The lowest BCUT2D eigenvalue weighted by molar-refractivity contribution is 0.673. The lowest BCUT2D eigenvalue weighted by Gasteiger charge is -2.28. The molecule has 6 nitrogen and oxygen atoms in total. The molecule has 7 heteroatoms. The summed E-state index contributed by atoms with van der Waals surface area (Å²) in [6.45, 7) is 0. The third kappa shape index (κ3) is 6.81. The highest BCUT2D eigenvalue weighted by molar-refractivity contribution is 7.21. The highest BCUT2D eigenvalue weighted by Crippen LogP contribution is 2.51. The molecule has 0 spiro atoms. The molecule has 0 N–H and O–H groups in total.